The molecule has 1 heterocycles. The number of nitrogens with one attached hydrogen (secondary N) is 1. The van der Waals surface area contributed by atoms with Crippen molar-refractivity contribution in [2.75, 3.05) is 27.2 Å². The largest absolute Gasteiger partial charge is 0.468 e. The fraction of sp³-hybridized carbons (Fsp3) is 0.909. The number of sulfonamides is 1. The molecule has 18 heavy (non-hydrogen) atoms. The molecule has 1 aliphatic rings. The minimum atomic E-state index is -3.60. The molecule has 0 aliphatic carbocycles. The van der Waals surface area contributed by atoms with Crippen LogP contribution in [0.3, 0.4) is 0 Å². The molecule has 1 unspecified atom stereocenters. The van der Waals surface area contributed by atoms with Gasteiger partial charge in [0.1, 0.15) is 0 Å². The lowest BCUT2D eigenvalue weighted by Gasteiger charge is -2.39. The van der Waals surface area contributed by atoms with Crippen LogP contribution in [0.2, 0.25) is 0 Å². The predicted octanol–water partition coefficient (Wildman–Crippen LogP) is -0.0484. The van der Waals surface area contributed by atoms with E-state index in [1.807, 2.05) is 7.05 Å². The Morgan fingerprint density at radius 3 is 2.28 bits per heavy atom. The lowest BCUT2D eigenvalue weighted by atomic mass is 9.91. The molecule has 1 saturated heterocycles. The van der Waals surface area contributed by atoms with Crippen molar-refractivity contribution in [3.8, 4) is 0 Å². The lowest BCUT2D eigenvalue weighted by molar-refractivity contribution is -0.139. The van der Waals surface area contributed by atoms with Crippen molar-refractivity contribution in [3.63, 3.8) is 0 Å². The van der Waals surface area contributed by atoms with Crippen LogP contribution in [0, 0.1) is 0 Å². The Bertz CT molecular complexity index is 399. The smallest absolute Gasteiger partial charge is 0.325 e. The third-order valence-electron chi connectivity index (χ3n) is 3.77. The highest BCUT2D eigenvalue weighted by molar-refractivity contribution is 7.90. The van der Waals surface area contributed by atoms with E-state index < -0.39 is 21.2 Å². The van der Waals surface area contributed by atoms with Crippen LogP contribution in [-0.4, -0.2) is 56.7 Å². The molecule has 1 atom stereocenters. The van der Waals surface area contributed by atoms with Gasteiger partial charge in [-0.15, -0.1) is 0 Å². The summed E-state index contributed by atoms with van der Waals surface area (Å²) in [4.78, 5) is 11.3. The van der Waals surface area contributed by atoms with Gasteiger partial charge in [0.2, 0.25) is 10.0 Å². The SMILES string of the molecule is CNC1(C)CCN(S(=O)(=O)C(C)C(=O)OC)CC1. The molecule has 0 aromatic heterocycles. The van der Waals surface area contributed by atoms with E-state index in [1.165, 1.54) is 18.3 Å². The normalized spacial score (nSPS) is 22.4. The highest BCUT2D eigenvalue weighted by Gasteiger charge is 2.39. The van der Waals surface area contributed by atoms with E-state index in [0.717, 1.165) is 12.8 Å². The molecule has 1 rings (SSSR count). The van der Waals surface area contributed by atoms with Crippen LogP contribution in [0.5, 0.6) is 0 Å². The van der Waals surface area contributed by atoms with Gasteiger partial charge in [-0.2, -0.15) is 0 Å². The molecule has 1 N–H and O–H groups in total. The Labute approximate surface area is 109 Å². The molecule has 7 heteroatoms. The van der Waals surface area contributed by atoms with Gasteiger partial charge in [0.05, 0.1) is 7.11 Å². The highest BCUT2D eigenvalue weighted by atomic mass is 32.2. The lowest BCUT2D eigenvalue weighted by Crippen LogP contribution is -2.53. The minimum absolute atomic E-state index is 0.0273. The monoisotopic (exact) mass is 278 g/mol. The number of rotatable bonds is 4. The summed E-state index contributed by atoms with van der Waals surface area (Å²) < 4.78 is 30.3. The predicted molar refractivity (Wildman–Crippen MR) is 68.7 cm³/mol. The first kappa shape index (κ1) is 15.4. The van der Waals surface area contributed by atoms with Crippen molar-refractivity contribution in [3.05, 3.63) is 0 Å². The van der Waals surface area contributed by atoms with E-state index in [9.17, 15) is 13.2 Å². The minimum Gasteiger partial charge on any atom is -0.468 e. The second-order valence-corrected chi connectivity index (χ2v) is 7.17. The molecular weight excluding hydrogens is 256 g/mol. The molecule has 0 amide bonds. The highest BCUT2D eigenvalue weighted by Crippen LogP contribution is 2.24. The van der Waals surface area contributed by atoms with Crippen LogP contribution in [0.1, 0.15) is 26.7 Å². The Morgan fingerprint density at radius 2 is 1.89 bits per heavy atom. The van der Waals surface area contributed by atoms with Crippen LogP contribution >= 0.6 is 0 Å². The summed E-state index contributed by atoms with van der Waals surface area (Å²) in [5, 5.41) is 2.06. The molecule has 0 spiro atoms. The molecule has 0 radical (unpaired) electrons. The van der Waals surface area contributed by atoms with E-state index >= 15 is 0 Å². The second kappa shape index (κ2) is 5.54. The van der Waals surface area contributed by atoms with Crippen molar-refractivity contribution < 1.29 is 17.9 Å². The molecule has 106 valence electrons. The zero-order chi connectivity index (χ0) is 14.0. The van der Waals surface area contributed by atoms with Crippen LogP contribution in [0.4, 0.5) is 0 Å². The number of ether oxygens (including phenoxy) is 1. The maximum atomic E-state index is 12.2. The van der Waals surface area contributed by atoms with Gasteiger partial charge in [0.15, 0.2) is 5.25 Å². The molecule has 0 aromatic rings. The van der Waals surface area contributed by atoms with Crippen molar-refractivity contribution in [1.82, 2.24) is 9.62 Å². The van der Waals surface area contributed by atoms with E-state index in [0.29, 0.717) is 13.1 Å². The van der Waals surface area contributed by atoms with Gasteiger partial charge in [-0.05, 0) is 33.7 Å². The van der Waals surface area contributed by atoms with Crippen molar-refractivity contribution in [1.29, 1.82) is 0 Å². The Morgan fingerprint density at radius 1 is 1.39 bits per heavy atom. The van der Waals surface area contributed by atoms with Gasteiger partial charge in [-0.3, -0.25) is 4.79 Å². The number of piperidine rings is 1. The number of hydrogen-bond acceptors (Lipinski definition) is 5. The van der Waals surface area contributed by atoms with Gasteiger partial charge in [-0.25, -0.2) is 12.7 Å². The maximum absolute atomic E-state index is 12.2. The number of hydrogen-bond donors (Lipinski definition) is 1. The third-order valence-corrected chi connectivity index (χ3v) is 5.94. The first-order chi connectivity index (χ1) is 8.27. The quantitative estimate of drug-likeness (QED) is 0.730. The van der Waals surface area contributed by atoms with Crippen molar-refractivity contribution in [2.45, 2.75) is 37.5 Å². The summed E-state index contributed by atoms with van der Waals surface area (Å²) in [5.41, 5.74) is -0.0273. The molecule has 1 aliphatic heterocycles. The average Bonchev–Trinajstić information content (AvgIpc) is 2.37. The summed E-state index contributed by atoms with van der Waals surface area (Å²) in [6.45, 7) is 4.30. The summed E-state index contributed by atoms with van der Waals surface area (Å²) in [6, 6.07) is 0. The van der Waals surface area contributed by atoms with Crippen LogP contribution in [-0.2, 0) is 19.6 Å². The van der Waals surface area contributed by atoms with Gasteiger partial charge < -0.3 is 10.1 Å². The standard InChI is InChI=1S/C11H22N2O4S/c1-9(10(14)17-4)18(15,16)13-7-5-11(2,12-3)6-8-13/h9,12H,5-8H2,1-4H3. The molecule has 0 aromatic carbocycles. The molecule has 0 bridgehead atoms. The maximum Gasteiger partial charge on any atom is 0.325 e. The third kappa shape index (κ3) is 3.02. The molecular formula is C11H22N2O4S. The Hall–Kier alpha value is -0.660. The molecule has 0 saturated carbocycles. The van der Waals surface area contributed by atoms with Crippen LogP contribution in [0.15, 0.2) is 0 Å². The van der Waals surface area contributed by atoms with Crippen LogP contribution < -0.4 is 5.32 Å². The summed E-state index contributed by atoms with van der Waals surface area (Å²) in [6.07, 6.45) is 1.47. The number of carbonyl (C=O) groups excluding carboxylic acids is 1. The topological polar surface area (TPSA) is 75.7 Å². The Balaban J connectivity index is 2.75. The molecule has 1 fully saturated rings. The summed E-state index contributed by atoms with van der Waals surface area (Å²) >= 11 is 0. The van der Waals surface area contributed by atoms with Gasteiger partial charge in [0, 0.05) is 18.6 Å². The van der Waals surface area contributed by atoms with E-state index in [4.69, 9.17) is 0 Å². The molecule has 6 nitrogen and oxygen atoms in total. The number of esters is 1. The van der Waals surface area contributed by atoms with Crippen LogP contribution in [0.25, 0.3) is 0 Å². The fourth-order valence-corrected chi connectivity index (χ4v) is 3.47. The number of carbonyl (C=O) groups is 1. The van der Waals surface area contributed by atoms with Gasteiger partial charge >= 0.3 is 5.97 Å². The summed E-state index contributed by atoms with van der Waals surface area (Å²) in [7, 11) is -0.527. The first-order valence-electron chi connectivity index (χ1n) is 6.02. The van der Waals surface area contributed by atoms with E-state index in [1.54, 1.807) is 0 Å². The zero-order valence-corrected chi connectivity index (χ0v) is 12.2. The van der Waals surface area contributed by atoms with Crippen molar-refractivity contribution in [2.24, 2.45) is 0 Å². The Kier molecular flexibility index (Phi) is 4.74. The summed E-state index contributed by atoms with van der Waals surface area (Å²) in [5.74, 6) is -0.711. The van der Waals surface area contributed by atoms with Gasteiger partial charge in [0.25, 0.3) is 0 Å². The average molecular weight is 278 g/mol. The number of nitrogens with zero attached hydrogens (tertiary/aromatic N) is 1. The fourth-order valence-electron chi connectivity index (χ4n) is 2.00. The zero-order valence-electron chi connectivity index (χ0n) is 11.4. The van der Waals surface area contributed by atoms with E-state index in [2.05, 4.69) is 17.0 Å². The second-order valence-electron chi connectivity index (χ2n) is 4.92. The van der Waals surface area contributed by atoms with Gasteiger partial charge in [-0.1, -0.05) is 0 Å². The number of methoxy groups -OCH3 is 1. The van der Waals surface area contributed by atoms with Crippen molar-refractivity contribution >= 4 is 16.0 Å². The first-order valence-corrected chi connectivity index (χ1v) is 7.53. The van der Waals surface area contributed by atoms with E-state index in [-0.39, 0.29) is 5.54 Å².